The van der Waals surface area contributed by atoms with Crippen molar-refractivity contribution >= 4 is 11.7 Å². The zero-order valence-corrected chi connectivity index (χ0v) is 10.8. The van der Waals surface area contributed by atoms with Crippen molar-refractivity contribution in [3.63, 3.8) is 0 Å². The third-order valence-electron chi connectivity index (χ3n) is 2.37. The number of nitrogens with zero attached hydrogens (tertiary/aromatic N) is 2. The topological polar surface area (TPSA) is 85.7 Å². The largest absolute Gasteiger partial charge is 0.478 e. The summed E-state index contributed by atoms with van der Waals surface area (Å²) in [6.07, 6.45) is 2.79. The molecule has 0 amide bonds. The number of carbonyl (C=O) groups is 1. The molecule has 0 spiro atoms. The lowest BCUT2D eigenvalue weighted by Crippen LogP contribution is -2.43. The Labute approximate surface area is 106 Å². The van der Waals surface area contributed by atoms with Gasteiger partial charge in [-0.25, -0.2) is 4.79 Å². The molecule has 100 valence electrons. The molecule has 6 nitrogen and oxygen atoms in total. The van der Waals surface area contributed by atoms with Gasteiger partial charge in [-0.1, -0.05) is 0 Å². The number of hydrogen-bond donors (Lipinski definition) is 3. The molecule has 0 aliphatic carbocycles. The van der Waals surface area contributed by atoms with Crippen molar-refractivity contribution in [1.82, 2.24) is 9.88 Å². The summed E-state index contributed by atoms with van der Waals surface area (Å²) in [5.74, 6) is -1.04. The second-order valence-corrected chi connectivity index (χ2v) is 4.81. The fraction of sp³-hybridized carbons (Fsp3) is 0.500. The molecule has 1 atom stereocenters. The van der Waals surface area contributed by atoms with Gasteiger partial charge in [-0.3, -0.25) is 4.98 Å². The van der Waals surface area contributed by atoms with Gasteiger partial charge in [0.1, 0.15) is 5.56 Å². The molecule has 1 aromatic heterocycles. The second kappa shape index (κ2) is 5.79. The van der Waals surface area contributed by atoms with Crippen LogP contribution in [-0.4, -0.2) is 58.9 Å². The normalized spacial score (nSPS) is 14.3. The second-order valence-electron chi connectivity index (χ2n) is 4.81. The summed E-state index contributed by atoms with van der Waals surface area (Å²) in [6, 6.07) is 1.58. The van der Waals surface area contributed by atoms with Crippen LogP contribution in [0.2, 0.25) is 0 Å². The number of likely N-dealkylation sites (N-methyl/N-ethyl adjacent to an activating group) is 1. The van der Waals surface area contributed by atoms with Crippen molar-refractivity contribution in [2.45, 2.75) is 12.5 Å². The van der Waals surface area contributed by atoms with E-state index in [4.69, 9.17) is 5.11 Å². The molecule has 1 rings (SSSR count). The van der Waals surface area contributed by atoms with E-state index in [9.17, 15) is 9.90 Å². The molecular weight excluding hydrogens is 234 g/mol. The summed E-state index contributed by atoms with van der Waals surface area (Å²) in [6.45, 7) is 2.44. The first kappa shape index (κ1) is 14.4. The molecule has 0 bridgehead atoms. The Morgan fingerprint density at radius 2 is 2.22 bits per heavy atom. The Kier molecular flexibility index (Phi) is 4.63. The smallest absolute Gasteiger partial charge is 0.339 e. The fourth-order valence-corrected chi connectivity index (χ4v) is 1.74. The van der Waals surface area contributed by atoms with E-state index in [1.807, 2.05) is 19.0 Å². The van der Waals surface area contributed by atoms with Crippen LogP contribution in [0.25, 0.3) is 0 Å². The minimum Gasteiger partial charge on any atom is -0.478 e. The van der Waals surface area contributed by atoms with Crippen LogP contribution in [0.1, 0.15) is 17.3 Å². The average Bonchev–Trinajstić information content (AvgIpc) is 2.25. The molecule has 18 heavy (non-hydrogen) atoms. The lowest BCUT2D eigenvalue weighted by molar-refractivity contribution is 0.0458. The number of carboxylic acid groups (broad SMARTS) is 1. The Bertz CT molecular complexity index is 419. The minimum absolute atomic E-state index is 0.0955. The van der Waals surface area contributed by atoms with Crippen molar-refractivity contribution in [3.05, 3.63) is 24.0 Å². The van der Waals surface area contributed by atoms with Gasteiger partial charge in [0, 0.05) is 25.5 Å². The first-order valence-corrected chi connectivity index (χ1v) is 5.60. The zero-order valence-electron chi connectivity index (χ0n) is 10.8. The third kappa shape index (κ3) is 4.31. The van der Waals surface area contributed by atoms with Gasteiger partial charge in [-0.05, 0) is 27.1 Å². The fourth-order valence-electron chi connectivity index (χ4n) is 1.74. The van der Waals surface area contributed by atoms with Crippen molar-refractivity contribution < 1.29 is 15.0 Å². The van der Waals surface area contributed by atoms with E-state index in [-0.39, 0.29) is 12.1 Å². The number of rotatable bonds is 6. The Morgan fingerprint density at radius 3 is 2.78 bits per heavy atom. The van der Waals surface area contributed by atoms with Gasteiger partial charge >= 0.3 is 5.97 Å². The van der Waals surface area contributed by atoms with Crippen molar-refractivity contribution in [2.75, 3.05) is 32.5 Å². The number of aromatic nitrogens is 1. The summed E-state index contributed by atoms with van der Waals surface area (Å²) >= 11 is 0. The molecule has 0 aromatic carbocycles. The van der Waals surface area contributed by atoms with E-state index in [1.54, 1.807) is 13.0 Å². The summed E-state index contributed by atoms with van der Waals surface area (Å²) in [5.41, 5.74) is -0.391. The van der Waals surface area contributed by atoms with Gasteiger partial charge in [0.2, 0.25) is 0 Å². The van der Waals surface area contributed by atoms with Crippen LogP contribution in [0.5, 0.6) is 0 Å². The summed E-state index contributed by atoms with van der Waals surface area (Å²) in [7, 11) is 3.73. The van der Waals surface area contributed by atoms with Crippen LogP contribution in [0.3, 0.4) is 0 Å². The molecule has 3 N–H and O–H groups in total. The quantitative estimate of drug-likeness (QED) is 0.684. The van der Waals surface area contributed by atoms with E-state index >= 15 is 0 Å². The maximum Gasteiger partial charge on any atom is 0.339 e. The Balaban J connectivity index is 2.71. The monoisotopic (exact) mass is 253 g/mol. The Morgan fingerprint density at radius 1 is 1.56 bits per heavy atom. The number of aromatic carboxylic acids is 1. The molecule has 0 fully saturated rings. The van der Waals surface area contributed by atoms with Crippen molar-refractivity contribution in [1.29, 1.82) is 0 Å². The molecular formula is C12H19N3O3. The lowest BCUT2D eigenvalue weighted by atomic mass is 10.1. The van der Waals surface area contributed by atoms with Crippen LogP contribution >= 0.6 is 0 Å². The number of carboxylic acids is 1. The first-order valence-electron chi connectivity index (χ1n) is 5.60. The predicted octanol–water partition coefficient (Wildman–Crippen LogP) is 0.504. The predicted molar refractivity (Wildman–Crippen MR) is 68.9 cm³/mol. The zero-order chi connectivity index (χ0) is 13.8. The highest BCUT2D eigenvalue weighted by molar-refractivity contribution is 5.93. The number of nitrogens with one attached hydrogen (secondary N) is 1. The summed E-state index contributed by atoms with van der Waals surface area (Å²) < 4.78 is 0. The standard InChI is InChI=1S/C12H19N3O3/c1-12(18,8-15(2)3)7-14-10-4-5-13-6-9(10)11(16)17/h4-6,18H,7-8H2,1-3H3,(H,13,14)(H,16,17). The maximum absolute atomic E-state index is 11.0. The van der Waals surface area contributed by atoms with Crippen LogP contribution < -0.4 is 5.32 Å². The minimum atomic E-state index is -1.04. The lowest BCUT2D eigenvalue weighted by Gasteiger charge is -2.27. The number of hydrogen-bond acceptors (Lipinski definition) is 5. The van der Waals surface area contributed by atoms with E-state index < -0.39 is 11.6 Å². The molecule has 1 unspecified atom stereocenters. The molecule has 1 heterocycles. The van der Waals surface area contributed by atoms with Crippen molar-refractivity contribution in [3.8, 4) is 0 Å². The van der Waals surface area contributed by atoms with Crippen molar-refractivity contribution in [2.24, 2.45) is 0 Å². The van der Waals surface area contributed by atoms with E-state index in [2.05, 4.69) is 10.3 Å². The third-order valence-corrected chi connectivity index (χ3v) is 2.37. The highest BCUT2D eigenvalue weighted by atomic mass is 16.4. The number of aliphatic hydroxyl groups is 1. The van der Waals surface area contributed by atoms with Crippen LogP contribution in [0.4, 0.5) is 5.69 Å². The summed E-state index contributed by atoms with van der Waals surface area (Å²) in [5, 5.41) is 22.0. The molecule has 0 saturated heterocycles. The molecule has 0 aliphatic rings. The van der Waals surface area contributed by atoms with Gasteiger partial charge in [0.15, 0.2) is 0 Å². The highest BCUT2D eigenvalue weighted by Crippen LogP contribution is 2.15. The van der Waals surface area contributed by atoms with E-state index in [0.29, 0.717) is 12.2 Å². The van der Waals surface area contributed by atoms with Crippen LogP contribution in [-0.2, 0) is 0 Å². The average molecular weight is 253 g/mol. The van der Waals surface area contributed by atoms with Gasteiger partial charge in [0.25, 0.3) is 0 Å². The maximum atomic E-state index is 11.0. The number of pyridine rings is 1. The van der Waals surface area contributed by atoms with Gasteiger partial charge in [-0.15, -0.1) is 0 Å². The SMILES string of the molecule is CN(C)CC(C)(O)CNc1ccncc1C(=O)O. The van der Waals surface area contributed by atoms with Gasteiger partial charge in [0.05, 0.1) is 11.3 Å². The van der Waals surface area contributed by atoms with E-state index in [0.717, 1.165) is 0 Å². The first-order chi connectivity index (χ1) is 8.32. The molecule has 1 aromatic rings. The van der Waals surface area contributed by atoms with Crippen LogP contribution in [0, 0.1) is 0 Å². The molecule has 0 radical (unpaired) electrons. The Hall–Kier alpha value is -1.66. The summed E-state index contributed by atoms with van der Waals surface area (Å²) in [4.78, 5) is 16.6. The van der Waals surface area contributed by atoms with Crippen LogP contribution in [0.15, 0.2) is 18.5 Å². The van der Waals surface area contributed by atoms with Gasteiger partial charge in [-0.2, -0.15) is 0 Å². The molecule has 0 aliphatic heterocycles. The number of anilines is 1. The highest BCUT2D eigenvalue weighted by Gasteiger charge is 2.22. The molecule has 0 saturated carbocycles. The van der Waals surface area contributed by atoms with Gasteiger partial charge < -0.3 is 20.4 Å². The molecule has 6 heteroatoms. The van der Waals surface area contributed by atoms with E-state index in [1.165, 1.54) is 12.4 Å².